The van der Waals surface area contributed by atoms with Crippen molar-refractivity contribution in [3.63, 3.8) is 0 Å². The number of nitrogens with one attached hydrogen (secondary N) is 1. The molecule has 1 aliphatic carbocycles. The highest BCUT2D eigenvalue weighted by molar-refractivity contribution is 6.00. The molecule has 2 aliphatic rings. The van der Waals surface area contributed by atoms with Gasteiger partial charge in [0.2, 0.25) is 5.91 Å². The fraction of sp³-hybridized carbons (Fsp3) is 0.300. The van der Waals surface area contributed by atoms with E-state index >= 15 is 0 Å². The molecule has 5 nitrogen and oxygen atoms in total. The molecule has 0 unspecified atom stereocenters. The normalized spacial score (nSPS) is 18.2. The van der Waals surface area contributed by atoms with Crippen molar-refractivity contribution in [2.24, 2.45) is 0 Å². The zero-order valence-electron chi connectivity index (χ0n) is 14.2. The van der Waals surface area contributed by atoms with Crippen molar-refractivity contribution >= 4 is 23.4 Å². The smallest absolute Gasteiger partial charge is 0.414 e. The molecule has 1 aliphatic heterocycles. The lowest BCUT2D eigenvalue weighted by molar-refractivity contribution is -0.124. The largest absolute Gasteiger partial charge is 0.447 e. The van der Waals surface area contributed by atoms with Crippen LogP contribution in [0.3, 0.4) is 0 Å². The van der Waals surface area contributed by atoms with E-state index in [9.17, 15) is 14.0 Å². The van der Waals surface area contributed by atoms with Crippen LogP contribution >= 0.6 is 0 Å². The summed E-state index contributed by atoms with van der Waals surface area (Å²) in [6, 6.07) is 13.3. The average molecular weight is 354 g/mol. The summed E-state index contributed by atoms with van der Waals surface area (Å²) in [7, 11) is 0. The van der Waals surface area contributed by atoms with Gasteiger partial charge in [-0.1, -0.05) is 24.6 Å². The molecule has 1 heterocycles. The molecule has 1 saturated carbocycles. The molecule has 2 aromatic carbocycles. The fourth-order valence-electron chi connectivity index (χ4n) is 3.58. The zero-order chi connectivity index (χ0) is 18.1. The summed E-state index contributed by atoms with van der Waals surface area (Å²) < 4.78 is 18.2. The van der Waals surface area contributed by atoms with E-state index in [1.807, 2.05) is 0 Å². The number of amides is 2. The number of rotatable bonds is 4. The van der Waals surface area contributed by atoms with Gasteiger partial charge in [0.15, 0.2) is 0 Å². The van der Waals surface area contributed by atoms with Gasteiger partial charge in [-0.2, -0.15) is 0 Å². The van der Waals surface area contributed by atoms with Crippen molar-refractivity contribution in [3.8, 4) is 0 Å². The maximum Gasteiger partial charge on any atom is 0.414 e. The maximum atomic E-state index is 13.2. The SMILES string of the molecule is O=C1OCCN1c1cccc(NC(=O)C2(c3ccc(F)cc3)CCC2)c1. The number of nitrogens with zero attached hydrogens (tertiary/aromatic N) is 1. The van der Waals surface area contributed by atoms with E-state index in [2.05, 4.69) is 5.32 Å². The molecular weight excluding hydrogens is 335 g/mol. The lowest BCUT2D eigenvalue weighted by atomic mass is 9.64. The predicted molar refractivity (Wildman–Crippen MR) is 95.7 cm³/mol. The third-order valence-corrected chi connectivity index (χ3v) is 5.22. The van der Waals surface area contributed by atoms with E-state index in [1.54, 1.807) is 36.4 Å². The van der Waals surface area contributed by atoms with Crippen molar-refractivity contribution < 1.29 is 18.7 Å². The lowest BCUT2D eigenvalue weighted by Gasteiger charge is -2.40. The number of carbonyl (C=O) groups excluding carboxylic acids is 2. The molecule has 2 fully saturated rings. The molecule has 6 heteroatoms. The van der Waals surface area contributed by atoms with Crippen LogP contribution in [0.15, 0.2) is 48.5 Å². The highest BCUT2D eigenvalue weighted by Crippen LogP contribution is 2.44. The summed E-state index contributed by atoms with van der Waals surface area (Å²) in [6.07, 6.45) is 2.06. The van der Waals surface area contributed by atoms with E-state index in [4.69, 9.17) is 4.74 Å². The molecule has 134 valence electrons. The van der Waals surface area contributed by atoms with Crippen molar-refractivity contribution in [1.82, 2.24) is 0 Å². The van der Waals surface area contributed by atoms with Crippen LogP contribution in [0.1, 0.15) is 24.8 Å². The van der Waals surface area contributed by atoms with E-state index in [0.29, 0.717) is 24.5 Å². The summed E-state index contributed by atoms with van der Waals surface area (Å²) in [5.74, 6) is -0.412. The second-order valence-corrected chi connectivity index (χ2v) is 6.71. The van der Waals surface area contributed by atoms with Crippen LogP contribution in [0.25, 0.3) is 0 Å². The third kappa shape index (κ3) is 2.81. The van der Waals surface area contributed by atoms with Crippen LogP contribution in [-0.4, -0.2) is 25.2 Å². The van der Waals surface area contributed by atoms with Gasteiger partial charge in [0.05, 0.1) is 12.0 Å². The number of hydrogen-bond donors (Lipinski definition) is 1. The number of ether oxygens (including phenoxy) is 1. The first-order chi connectivity index (χ1) is 12.6. The van der Waals surface area contributed by atoms with Gasteiger partial charge in [0.25, 0.3) is 0 Å². The first kappa shape index (κ1) is 16.6. The van der Waals surface area contributed by atoms with Crippen LogP contribution in [0.5, 0.6) is 0 Å². The molecule has 4 rings (SSSR count). The summed E-state index contributed by atoms with van der Waals surface area (Å²) >= 11 is 0. The van der Waals surface area contributed by atoms with E-state index in [1.165, 1.54) is 17.0 Å². The van der Waals surface area contributed by atoms with Crippen LogP contribution in [-0.2, 0) is 14.9 Å². The number of benzene rings is 2. The van der Waals surface area contributed by atoms with Gasteiger partial charge in [-0.3, -0.25) is 9.69 Å². The summed E-state index contributed by atoms with van der Waals surface area (Å²) in [6.45, 7) is 0.860. The van der Waals surface area contributed by atoms with E-state index < -0.39 is 5.41 Å². The van der Waals surface area contributed by atoms with Crippen LogP contribution in [0.2, 0.25) is 0 Å². The highest BCUT2D eigenvalue weighted by Gasteiger charge is 2.45. The standard InChI is InChI=1S/C20H19FN2O3/c21-15-7-5-14(6-8-15)20(9-2-10-20)18(24)22-16-3-1-4-17(13-16)23-11-12-26-19(23)25/h1,3-8,13H,2,9-12H2,(H,22,24). The average Bonchev–Trinajstić information content (AvgIpc) is 3.02. The monoisotopic (exact) mass is 354 g/mol. The second kappa shape index (κ2) is 6.44. The van der Waals surface area contributed by atoms with Gasteiger partial charge in [0.1, 0.15) is 12.4 Å². The minimum Gasteiger partial charge on any atom is -0.447 e. The zero-order valence-corrected chi connectivity index (χ0v) is 14.2. The third-order valence-electron chi connectivity index (χ3n) is 5.22. The second-order valence-electron chi connectivity index (χ2n) is 6.71. The number of halogens is 1. The summed E-state index contributed by atoms with van der Waals surface area (Å²) in [5, 5.41) is 2.97. The Morgan fingerprint density at radius 1 is 1.15 bits per heavy atom. The van der Waals surface area contributed by atoms with Crippen LogP contribution in [0, 0.1) is 5.82 Å². The Hall–Kier alpha value is -2.89. The molecule has 0 bridgehead atoms. The Morgan fingerprint density at radius 2 is 1.92 bits per heavy atom. The molecule has 1 saturated heterocycles. The minimum atomic E-state index is -0.615. The topological polar surface area (TPSA) is 58.6 Å². The Balaban J connectivity index is 1.56. The lowest BCUT2D eigenvalue weighted by Crippen LogP contribution is -2.46. The Morgan fingerprint density at radius 3 is 2.54 bits per heavy atom. The Kier molecular flexibility index (Phi) is 4.11. The van der Waals surface area contributed by atoms with Crippen molar-refractivity contribution in [2.75, 3.05) is 23.4 Å². The number of hydrogen-bond acceptors (Lipinski definition) is 3. The first-order valence-corrected chi connectivity index (χ1v) is 8.70. The van der Waals surface area contributed by atoms with Gasteiger partial charge in [-0.05, 0) is 48.7 Å². The molecule has 0 spiro atoms. The molecule has 2 aromatic rings. The summed E-state index contributed by atoms with van der Waals surface area (Å²) in [5.41, 5.74) is 1.54. The van der Waals surface area contributed by atoms with Gasteiger partial charge in [-0.25, -0.2) is 9.18 Å². The molecular formula is C20H19FN2O3. The molecule has 0 atom stereocenters. The van der Waals surface area contributed by atoms with Crippen molar-refractivity contribution in [3.05, 3.63) is 59.9 Å². The van der Waals surface area contributed by atoms with E-state index in [0.717, 1.165) is 24.8 Å². The van der Waals surface area contributed by atoms with Gasteiger partial charge < -0.3 is 10.1 Å². The molecule has 1 N–H and O–H groups in total. The van der Waals surface area contributed by atoms with Gasteiger partial charge in [-0.15, -0.1) is 0 Å². The number of anilines is 2. The molecule has 26 heavy (non-hydrogen) atoms. The predicted octanol–water partition coefficient (Wildman–Crippen LogP) is 3.84. The van der Waals surface area contributed by atoms with Gasteiger partial charge >= 0.3 is 6.09 Å². The fourth-order valence-corrected chi connectivity index (χ4v) is 3.58. The minimum absolute atomic E-state index is 0.100. The maximum absolute atomic E-state index is 13.2. The Bertz CT molecular complexity index is 846. The van der Waals surface area contributed by atoms with Crippen molar-refractivity contribution in [1.29, 1.82) is 0 Å². The highest BCUT2D eigenvalue weighted by atomic mass is 19.1. The number of carbonyl (C=O) groups is 2. The van der Waals surface area contributed by atoms with Gasteiger partial charge in [0, 0.05) is 11.4 Å². The summed E-state index contributed by atoms with van der Waals surface area (Å²) in [4.78, 5) is 26.2. The molecule has 2 amide bonds. The van der Waals surface area contributed by atoms with E-state index in [-0.39, 0.29) is 17.8 Å². The van der Waals surface area contributed by atoms with Crippen molar-refractivity contribution in [2.45, 2.75) is 24.7 Å². The van der Waals surface area contributed by atoms with Crippen LogP contribution < -0.4 is 10.2 Å². The molecule has 0 radical (unpaired) electrons. The quantitative estimate of drug-likeness (QED) is 0.907. The first-order valence-electron chi connectivity index (χ1n) is 8.70. The van der Waals surface area contributed by atoms with Crippen LogP contribution in [0.4, 0.5) is 20.6 Å². The Labute approximate surface area is 150 Å². The molecule has 0 aromatic heterocycles. The number of cyclic esters (lactones) is 1.